The van der Waals surface area contributed by atoms with Gasteiger partial charge in [0.2, 0.25) is 0 Å². The van der Waals surface area contributed by atoms with Crippen LogP contribution in [0.4, 0.5) is 4.39 Å². The fraction of sp³-hybridized carbons (Fsp3) is 0.300. The molecule has 0 unspecified atom stereocenters. The van der Waals surface area contributed by atoms with Crippen LogP contribution < -0.4 is 4.74 Å². The summed E-state index contributed by atoms with van der Waals surface area (Å²) in [6.45, 7) is -0.0316. The van der Waals surface area contributed by atoms with Crippen LogP contribution in [-0.4, -0.2) is 25.3 Å². The number of hydrogen-bond acceptors (Lipinski definition) is 3. The molecule has 0 fully saturated rings. The Morgan fingerprint density at radius 1 is 1.47 bits per heavy atom. The third-order valence-corrected chi connectivity index (χ3v) is 1.93. The van der Waals surface area contributed by atoms with Crippen molar-refractivity contribution in [3.63, 3.8) is 0 Å². The lowest BCUT2D eigenvalue weighted by atomic mass is 10.1. The average molecular weight is 214 g/mol. The predicted octanol–water partition coefficient (Wildman–Crippen LogP) is 1.68. The summed E-state index contributed by atoms with van der Waals surface area (Å²) >= 11 is 0. The zero-order chi connectivity index (χ0) is 11.4. The van der Waals surface area contributed by atoms with Crippen molar-refractivity contribution >= 4 is 5.97 Å². The van der Waals surface area contributed by atoms with E-state index >= 15 is 0 Å². The molecule has 1 aromatic carbocycles. The molecular weight excluding hydrogens is 203 g/mol. The Morgan fingerprint density at radius 3 is 2.60 bits per heavy atom. The van der Waals surface area contributed by atoms with E-state index < -0.39 is 11.8 Å². The molecule has 0 amide bonds. The summed E-state index contributed by atoms with van der Waals surface area (Å²) in [5.41, 5.74) is 0.0332. The number of ether oxygens (including phenoxy) is 2. The lowest BCUT2D eigenvalue weighted by Gasteiger charge is -2.11. The lowest BCUT2D eigenvalue weighted by Crippen LogP contribution is -2.06. The minimum absolute atomic E-state index is 0.00403. The van der Waals surface area contributed by atoms with Crippen molar-refractivity contribution in [2.45, 2.75) is 6.61 Å². The highest BCUT2D eigenvalue weighted by molar-refractivity contribution is 5.91. The highest BCUT2D eigenvalue weighted by Gasteiger charge is 2.18. The maximum atomic E-state index is 13.3. The van der Waals surface area contributed by atoms with E-state index in [1.807, 2.05) is 0 Å². The third kappa shape index (κ3) is 2.24. The van der Waals surface area contributed by atoms with Gasteiger partial charge < -0.3 is 14.6 Å². The van der Waals surface area contributed by atoms with Gasteiger partial charge in [0.15, 0.2) is 0 Å². The monoisotopic (exact) mass is 214 g/mol. The van der Waals surface area contributed by atoms with Crippen molar-refractivity contribution in [1.29, 1.82) is 0 Å². The van der Waals surface area contributed by atoms with Crippen LogP contribution in [0.1, 0.15) is 15.9 Å². The minimum Gasteiger partial charge on any atom is -0.495 e. The molecule has 0 atom stereocenters. The number of carboxylic acids is 1. The van der Waals surface area contributed by atoms with Gasteiger partial charge in [-0.05, 0) is 12.1 Å². The largest absolute Gasteiger partial charge is 0.495 e. The van der Waals surface area contributed by atoms with Gasteiger partial charge in [-0.2, -0.15) is 0 Å². The van der Waals surface area contributed by atoms with Crippen molar-refractivity contribution in [3.8, 4) is 5.75 Å². The Kier molecular flexibility index (Phi) is 3.62. The first-order valence-electron chi connectivity index (χ1n) is 4.19. The van der Waals surface area contributed by atoms with Gasteiger partial charge in [0.1, 0.15) is 17.1 Å². The molecule has 15 heavy (non-hydrogen) atoms. The van der Waals surface area contributed by atoms with Crippen molar-refractivity contribution in [1.82, 2.24) is 0 Å². The van der Waals surface area contributed by atoms with Crippen LogP contribution in [0.15, 0.2) is 12.1 Å². The van der Waals surface area contributed by atoms with E-state index in [-0.39, 0.29) is 23.5 Å². The summed E-state index contributed by atoms with van der Waals surface area (Å²) < 4.78 is 23.0. The fourth-order valence-electron chi connectivity index (χ4n) is 1.28. The molecule has 0 aliphatic heterocycles. The van der Waals surface area contributed by atoms with Gasteiger partial charge in [0.25, 0.3) is 0 Å². The Balaban J connectivity index is 3.33. The van der Waals surface area contributed by atoms with E-state index in [1.54, 1.807) is 0 Å². The first-order chi connectivity index (χ1) is 7.11. The molecule has 0 heterocycles. The Hall–Kier alpha value is -1.62. The van der Waals surface area contributed by atoms with Gasteiger partial charge in [-0.1, -0.05) is 0 Å². The van der Waals surface area contributed by atoms with Crippen LogP contribution in [0, 0.1) is 5.82 Å². The molecule has 1 aromatic rings. The zero-order valence-corrected chi connectivity index (χ0v) is 8.41. The van der Waals surface area contributed by atoms with Crippen LogP contribution in [0.3, 0.4) is 0 Å². The maximum Gasteiger partial charge on any atom is 0.339 e. The molecule has 1 N–H and O–H groups in total. The standard InChI is InChI=1S/C10H11FO4/c1-14-5-7-8(11)4-3-6(10(12)13)9(7)15-2/h3-4H,5H2,1-2H3,(H,12,13). The summed E-state index contributed by atoms with van der Waals surface area (Å²) in [6.07, 6.45) is 0. The number of rotatable bonds is 4. The number of carboxylic acid groups (broad SMARTS) is 1. The van der Waals surface area contributed by atoms with Crippen molar-refractivity contribution in [2.24, 2.45) is 0 Å². The normalized spacial score (nSPS) is 10.1. The molecule has 0 saturated heterocycles. The number of aromatic carboxylic acids is 1. The SMILES string of the molecule is COCc1c(F)ccc(C(=O)O)c1OC. The number of methoxy groups -OCH3 is 2. The second-order valence-corrected chi connectivity index (χ2v) is 2.84. The number of carbonyl (C=O) groups is 1. The molecule has 0 saturated carbocycles. The van der Waals surface area contributed by atoms with Crippen LogP contribution in [-0.2, 0) is 11.3 Å². The lowest BCUT2D eigenvalue weighted by molar-refractivity contribution is 0.0692. The van der Waals surface area contributed by atoms with Crippen molar-refractivity contribution < 1.29 is 23.8 Å². The Morgan fingerprint density at radius 2 is 2.13 bits per heavy atom. The molecule has 0 aromatic heterocycles. The molecule has 4 nitrogen and oxygen atoms in total. The van der Waals surface area contributed by atoms with Crippen LogP contribution in [0.25, 0.3) is 0 Å². The highest BCUT2D eigenvalue weighted by Crippen LogP contribution is 2.27. The predicted molar refractivity (Wildman–Crippen MR) is 50.6 cm³/mol. The number of halogens is 1. The summed E-state index contributed by atoms with van der Waals surface area (Å²) in [5, 5.41) is 8.84. The maximum absolute atomic E-state index is 13.3. The van der Waals surface area contributed by atoms with E-state index in [9.17, 15) is 9.18 Å². The van der Waals surface area contributed by atoms with Gasteiger partial charge in [-0.3, -0.25) is 0 Å². The summed E-state index contributed by atoms with van der Waals surface area (Å²) in [6, 6.07) is 2.25. The van der Waals surface area contributed by atoms with Gasteiger partial charge in [0.05, 0.1) is 19.3 Å². The molecule has 0 aliphatic rings. The molecule has 0 radical (unpaired) electrons. The molecule has 0 aliphatic carbocycles. The first-order valence-corrected chi connectivity index (χ1v) is 4.19. The van der Waals surface area contributed by atoms with Gasteiger partial charge in [0, 0.05) is 7.11 Å². The van der Waals surface area contributed by atoms with Gasteiger partial charge in [-0.15, -0.1) is 0 Å². The topological polar surface area (TPSA) is 55.8 Å². The third-order valence-electron chi connectivity index (χ3n) is 1.93. The van der Waals surface area contributed by atoms with Crippen LogP contribution >= 0.6 is 0 Å². The number of benzene rings is 1. The van der Waals surface area contributed by atoms with E-state index in [0.29, 0.717) is 0 Å². The smallest absolute Gasteiger partial charge is 0.339 e. The Bertz CT molecular complexity index is 376. The highest BCUT2D eigenvalue weighted by atomic mass is 19.1. The van der Waals surface area contributed by atoms with Gasteiger partial charge >= 0.3 is 5.97 Å². The molecule has 5 heteroatoms. The Labute approximate surface area is 86.2 Å². The molecular formula is C10H11FO4. The van der Waals surface area contributed by atoms with Crippen molar-refractivity contribution in [3.05, 3.63) is 29.1 Å². The average Bonchev–Trinajstić information content (AvgIpc) is 2.20. The second kappa shape index (κ2) is 4.75. The summed E-state index contributed by atoms with van der Waals surface area (Å²) in [4.78, 5) is 10.8. The van der Waals surface area contributed by atoms with E-state index in [1.165, 1.54) is 14.2 Å². The van der Waals surface area contributed by atoms with E-state index in [2.05, 4.69) is 0 Å². The first kappa shape index (κ1) is 11.5. The summed E-state index contributed by atoms with van der Waals surface area (Å²) in [5.74, 6) is -1.70. The molecule has 0 bridgehead atoms. The minimum atomic E-state index is -1.16. The fourth-order valence-corrected chi connectivity index (χ4v) is 1.28. The molecule has 1 rings (SSSR count). The van der Waals surface area contributed by atoms with Crippen LogP contribution in [0.2, 0.25) is 0 Å². The molecule has 0 spiro atoms. The van der Waals surface area contributed by atoms with E-state index in [4.69, 9.17) is 14.6 Å². The van der Waals surface area contributed by atoms with Gasteiger partial charge in [-0.25, -0.2) is 9.18 Å². The summed E-state index contributed by atoms with van der Waals surface area (Å²) in [7, 11) is 2.69. The van der Waals surface area contributed by atoms with E-state index in [0.717, 1.165) is 12.1 Å². The number of hydrogen-bond donors (Lipinski definition) is 1. The quantitative estimate of drug-likeness (QED) is 0.828. The second-order valence-electron chi connectivity index (χ2n) is 2.84. The van der Waals surface area contributed by atoms with Crippen molar-refractivity contribution in [2.75, 3.05) is 14.2 Å². The molecule has 82 valence electrons. The van der Waals surface area contributed by atoms with Crippen LogP contribution in [0.5, 0.6) is 5.75 Å². The zero-order valence-electron chi connectivity index (χ0n) is 8.41.